The fraction of sp³-hybridized carbons (Fsp3) is 0.300. The summed E-state index contributed by atoms with van der Waals surface area (Å²) in [6.45, 7) is 1.36. The van der Waals surface area contributed by atoms with Crippen molar-refractivity contribution in [2.45, 2.75) is 19.3 Å². The summed E-state index contributed by atoms with van der Waals surface area (Å²) in [5, 5.41) is 2.46. The SMILES string of the molecule is Nc1ccc(C(=O)NC(=O)N2CCC(Cc3ccccc3)CC2)cc1. The number of nitrogens with one attached hydrogen (secondary N) is 1. The van der Waals surface area contributed by atoms with Crippen molar-refractivity contribution in [2.75, 3.05) is 18.8 Å². The molecular weight excluding hydrogens is 314 g/mol. The molecule has 0 aliphatic carbocycles. The van der Waals surface area contributed by atoms with Gasteiger partial charge in [-0.1, -0.05) is 30.3 Å². The maximum absolute atomic E-state index is 12.3. The van der Waals surface area contributed by atoms with E-state index in [4.69, 9.17) is 5.73 Å². The standard InChI is InChI=1S/C20H23N3O2/c21-18-8-6-17(7-9-18)19(24)22-20(25)23-12-10-16(11-13-23)14-15-4-2-1-3-5-15/h1-9,16H,10-14,21H2,(H,22,24,25). The molecule has 0 atom stereocenters. The fourth-order valence-electron chi connectivity index (χ4n) is 3.17. The minimum Gasteiger partial charge on any atom is -0.399 e. The summed E-state index contributed by atoms with van der Waals surface area (Å²) in [6, 6.07) is 16.6. The van der Waals surface area contributed by atoms with E-state index in [1.165, 1.54) is 5.56 Å². The molecule has 1 fully saturated rings. The number of carbonyl (C=O) groups excluding carboxylic acids is 2. The monoisotopic (exact) mass is 337 g/mol. The van der Waals surface area contributed by atoms with E-state index in [1.54, 1.807) is 29.2 Å². The first-order valence-electron chi connectivity index (χ1n) is 8.61. The van der Waals surface area contributed by atoms with E-state index < -0.39 is 5.91 Å². The van der Waals surface area contributed by atoms with Crippen molar-refractivity contribution in [3.05, 3.63) is 65.7 Å². The number of nitrogen functional groups attached to an aromatic ring is 1. The summed E-state index contributed by atoms with van der Waals surface area (Å²) < 4.78 is 0. The highest BCUT2D eigenvalue weighted by molar-refractivity contribution is 6.04. The van der Waals surface area contributed by atoms with Crippen LogP contribution in [0.1, 0.15) is 28.8 Å². The van der Waals surface area contributed by atoms with E-state index in [0.29, 0.717) is 30.3 Å². The van der Waals surface area contributed by atoms with Gasteiger partial charge in [0.1, 0.15) is 0 Å². The minimum absolute atomic E-state index is 0.319. The number of piperidine rings is 1. The van der Waals surface area contributed by atoms with Gasteiger partial charge in [0.25, 0.3) is 5.91 Å². The zero-order chi connectivity index (χ0) is 17.6. The second-order valence-electron chi connectivity index (χ2n) is 6.50. The molecule has 1 aliphatic rings. The first-order chi connectivity index (χ1) is 12.1. The smallest absolute Gasteiger partial charge is 0.324 e. The highest BCUT2D eigenvalue weighted by atomic mass is 16.2. The molecule has 3 N–H and O–H groups in total. The van der Waals surface area contributed by atoms with Crippen LogP contribution < -0.4 is 11.1 Å². The lowest BCUT2D eigenvalue weighted by Crippen LogP contribution is -2.46. The third-order valence-corrected chi connectivity index (χ3v) is 4.66. The Morgan fingerprint density at radius 1 is 1.00 bits per heavy atom. The zero-order valence-electron chi connectivity index (χ0n) is 14.2. The second-order valence-corrected chi connectivity index (χ2v) is 6.50. The average molecular weight is 337 g/mol. The molecule has 3 rings (SSSR count). The fourth-order valence-corrected chi connectivity index (χ4v) is 3.17. The van der Waals surface area contributed by atoms with E-state index in [2.05, 4.69) is 29.6 Å². The van der Waals surface area contributed by atoms with Crippen LogP contribution in [0.2, 0.25) is 0 Å². The molecule has 2 aromatic rings. The first-order valence-corrected chi connectivity index (χ1v) is 8.61. The lowest BCUT2D eigenvalue weighted by molar-refractivity contribution is 0.0945. The van der Waals surface area contributed by atoms with Gasteiger partial charge in [-0.2, -0.15) is 0 Å². The van der Waals surface area contributed by atoms with Crippen LogP contribution >= 0.6 is 0 Å². The molecule has 0 unspecified atom stereocenters. The van der Waals surface area contributed by atoms with Crippen LogP contribution in [-0.4, -0.2) is 29.9 Å². The molecule has 5 nitrogen and oxygen atoms in total. The van der Waals surface area contributed by atoms with Crippen LogP contribution in [0.4, 0.5) is 10.5 Å². The van der Waals surface area contributed by atoms with Gasteiger partial charge in [-0.3, -0.25) is 10.1 Å². The molecule has 3 amide bonds. The van der Waals surface area contributed by atoms with Crippen molar-refractivity contribution >= 4 is 17.6 Å². The Morgan fingerprint density at radius 3 is 2.28 bits per heavy atom. The number of urea groups is 1. The van der Waals surface area contributed by atoms with E-state index in [-0.39, 0.29) is 6.03 Å². The van der Waals surface area contributed by atoms with Gasteiger partial charge >= 0.3 is 6.03 Å². The summed E-state index contributed by atoms with van der Waals surface area (Å²) in [4.78, 5) is 26.1. The van der Waals surface area contributed by atoms with E-state index in [9.17, 15) is 9.59 Å². The van der Waals surface area contributed by atoms with Gasteiger partial charge in [0, 0.05) is 24.3 Å². The van der Waals surface area contributed by atoms with Gasteiger partial charge in [-0.25, -0.2) is 4.79 Å². The third-order valence-electron chi connectivity index (χ3n) is 4.66. The highest BCUT2D eigenvalue weighted by Crippen LogP contribution is 2.21. The number of carbonyl (C=O) groups is 2. The summed E-state index contributed by atoms with van der Waals surface area (Å²) in [6.07, 6.45) is 2.96. The Balaban J connectivity index is 1.48. The molecule has 1 aliphatic heterocycles. The van der Waals surface area contributed by atoms with Crippen molar-refractivity contribution in [3.8, 4) is 0 Å². The van der Waals surface area contributed by atoms with Gasteiger partial charge in [0.2, 0.25) is 0 Å². The molecule has 0 aromatic heterocycles. The molecular formula is C20H23N3O2. The van der Waals surface area contributed by atoms with Crippen molar-refractivity contribution in [3.63, 3.8) is 0 Å². The van der Waals surface area contributed by atoms with Crippen molar-refractivity contribution < 1.29 is 9.59 Å². The number of nitrogens with two attached hydrogens (primary N) is 1. The van der Waals surface area contributed by atoms with Gasteiger partial charge < -0.3 is 10.6 Å². The Labute approximate surface area is 147 Å². The maximum Gasteiger partial charge on any atom is 0.324 e. The molecule has 130 valence electrons. The van der Waals surface area contributed by atoms with Crippen molar-refractivity contribution in [1.82, 2.24) is 10.2 Å². The Kier molecular flexibility index (Phi) is 5.33. The van der Waals surface area contributed by atoms with E-state index >= 15 is 0 Å². The first kappa shape index (κ1) is 17.0. The van der Waals surface area contributed by atoms with Crippen LogP contribution in [0, 0.1) is 5.92 Å². The van der Waals surface area contributed by atoms with E-state index in [1.807, 2.05) is 6.07 Å². The van der Waals surface area contributed by atoms with Crippen LogP contribution in [0.25, 0.3) is 0 Å². The zero-order valence-corrected chi connectivity index (χ0v) is 14.2. The molecule has 0 radical (unpaired) electrons. The quantitative estimate of drug-likeness (QED) is 0.845. The Hall–Kier alpha value is -2.82. The van der Waals surface area contributed by atoms with Gasteiger partial charge in [0.05, 0.1) is 0 Å². The predicted octanol–water partition coefficient (Wildman–Crippen LogP) is 3.07. The lowest BCUT2D eigenvalue weighted by Gasteiger charge is -2.31. The largest absolute Gasteiger partial charge is 0.399 e. The number of benzene rings is 2. The lowest BCUT2D eigenvalue weighted by atomic mass is 9.90. The van der Waals surface area contributed by atoms with Crippen LogP contribution in [-0.2, 0) is 6.42 Å². The van der Waals surface area contributed by atoms with Gasteiger partial charge in [-0.15, -0.1) is 0 Å². The van der Waals surface area contributed by atoms with Crippen LogP contribution in [0.5, 0.6) is 0 Å². The van der Waals surface area contributed by atoms with Crippen LogP contribution in [0.3, 0.4) is 0 Å². The second kappa shape index (κ2) is 7.83. The number of hydrogen-bond acceptors (Lipinski definition) is 3. The number of imide groups is 1. The minimum atomic E-state index is -0.392. The Morgan fingerprint density at radius 2 is 1.64 bits per heavy atom. The number of nitrogens with zero attached hydrogens (tertiary/aromatic N) is 1. The molecule has 2 aromatic carbocycles. The van der Waals surface area contributed by atoms with Crippen molar-refractivity contribution in [2.24, 2.45) is 5.92 Å². The summed E-state index contributed by atoms with van der Waals surface area (Å²) in [7, 11) is 0. The van der Waals surface area contributed by atoms with Crippen molar-refractivity contribution in [1.29, 1.82) is 0 Å². The molecule has 25 heavy (non-hydrogen) atoms. The molecule has 1 saturated heterocycles. The Bertz CT molecular complexity index is 720. The van der Waals surface area contributed by atoms with Gasteiger partial charge in [0.15, 0.2) is 0 Å². The maximum atomic E-state index is 12.3. The number of anilines is 1. The van der Waals surface area contributed by atoms with E-state index in [0.717, 1.165) is 19.3 Å². The van der Waals surface area contributed by atoms with Crippen LogP contribution in [0.15, 0.2) is 54.6 Å². The molecule has 0 spiro atoms. The number of hydrogen-bond donors (Lipinski definition) is 2. The summed E-state index contributed by atoms with van der Waals surface area (Å²) in [5.74, 6) is 0.190. The van der Waals surface area contributed by atoms with Gasteiger partial charge in [-0.05, 0) is 55.0 Å². The number of rotatable bonds is 3. The molecule has 5 heteroatoms. The topological polar surface area (TPSA) is 75.4 Å². The molecule has 0 saturated carbocycles. The third kappa shape index (κ3) is 4.59. The number of amides is 3. The number of likely N-dealkylation sites (tertiary alicyclic amines) is 1. The summed E-state index contributed by atoms with van der Waals surface area (Å²) >= 11 is 0. The summed E-state index contributed by atoms with van der Waals surface area (Å²) in [5.41, 5.74) is 7.96. The highest BCUT2D eigenvalue weighted by Gasteiger charge is 2.24. The average Bonchev–Trinajstić information content (AvgIpc) is 2.63. The molecule has 0 bridgehead atoms. The molecule has 1 heterocycles. The normalized spacial score (nSPS) is 15.0. The predicted molar refractivity (Wildman–Crippen MR) is 98.2 cm³/mol.